The van der Waals surface area contributed by atoms with E-state index in [-0.39, 0.29) is 29.3 Å². The SMILES string of the molecule is CCCN1C(=O)C(c2c(C(C)C)nn(-c3cccc(Cl)c3)c2[O-])=C([n+]2cccc(CC)c2)C1=O. The Hall–Kier alpha value is -3.45. The summed E-state index contributed by atoms with van der Waals surface area (Å²) in [5, 5.41) is 18.8. The Morgan fingerprint density at radius 3 is 2.53 bits per heavy atom. The molecule has 2 amide bonds. The minimum absolute atomic E-state index is 0.0960. The maximum absolute atomic E-state index is 13.7. The molecule has 0 aliphatic carbocycles. The molecule has 8 heteroatoms. The van der Waals surface area contributed by atoms with Crippen LogP contribution in [0, 0.1) is 0 Å². The first-order chi connectivity index (χ1) is 16.3. The second-order valence-electron chi connectivity index (χ2n) is 8.57. The zero-order chi connectivity index (χ0) is 24.6. The van der Waals surface area contributed by atoms with Crippen molar-refractivity contribution in [3.63, 3.8) is 0 Å². The maximum atomic E-state index is 13.7. The Morgan fingerprint density at radius 2 is 1.88 bits per heavy atom. The number of pyridine rings is 1. The quantitative estimate of drug-likeness (QED) is 0.383. The highest BCUT2D eigenvalue weighted by molar-refractivity contribution is 6.45. The molecule has 0 spiro atoms. The standard InChI is InChI=1S/C26H27ClN4O3/c1-5-12-30-24(32)21(23(26(30)34)29-13-8-9-17(6-2)15-29)20-22(16(3)4)28-31(25(20)33)19-11-7-10-18(27)14-19/h7-11,13-16H,5-6,12H2,1-4H3. The number of halogens is 1. The van der Waals surface area contributed by atoms with Gasteiger partial charge in [-0.25, -0.2) is 4.68 Å². The van der Waals surface area contributed by atoms with Gasteiger partial charge in [-0.15, -0.1) is 0 Å². The molecule has 0 N–H and O–H groups in total. The van der Waals surface area contributed by atoms with E-state index in [1.807, 2.05) is 46.0 Å². The molecule has 0 bridgehead atoms. The molecule has 2 aromatic heterocycles. The minimum Gasteiger partial charge on any atom is -0.858 e. The van der Waals surface area contributed by atoms with Crippen molar-refractivity contribution in [3.8, 4) is 11.6 Å². The van der Waals surface area contributed by atoms with Crippen LogP contribution in [0.2, 0.25) is 5.02 Å². The number of amides is 2. The number of rotatable bonds is 7. The Balaban J connectivity index is 2.03. The Kier molecular flexibility index (Phi) is 6.57. The lowest BCUT2D eigenvalue weighted by Gasteiger charge is -2.15. The summed E-state index contributed by atoms with van der Waals surface area (Å²) in [6, 6.07) is 10.6. The molecular weight excluding hydrogens is 452 g/mol. The van der Waals surface area contributed by atoms with E-state index in [4.69, 9.17) is 11.6 Å². The molecule has 0 fully saturated rings. The van der Waals surface area contributed by atoms with Crippen LogP contribution in [-0.4, -0.2) is 33.0 Å². The summed E-state index contributed by atoms with van der Waals surface area (Å²) in [4.78, 5) is 28.3. The number of carbonyl (C=O) groups excluding carboxylic acids is 2. The van der Waals surface area contributed by atoms with E-state index >= 15 is 0 Å². The first kappa shape index (κ1) is 23.7. The van der Waals surface area contributed by atoms with E-state index in [9.17, 15) is 14.7 Å². The predicted molar refractivity (Wildman–Crippen MR) is 128 cm³/mol. The zero-order valence-electron chi connectivity index (χ0n) is 19.7. The highest BCUT2D eigenvalue weighted by Gasteiger charge is 2.46. The molecule has 4 rings (SSSR count). The molecule has 176 valence electrons. The third-order valence-corrected chi connectivity index (χ3v) is 6.07. The van der Waals surface area contributed by atoms with E-state index in [0.717, 1.165) is 12.0 Å². The number of nitrogens with zero attached hydrogens (tertiary/aromatic N) is 4. The van der Waals surface area contributed by atoms with Gasteiger partial charge >= 0.3 is 5.91 Å². The van der Waals surface area contributed by atoms with Gasteiger partial charge < -0.3 is 5.11 Å². The van der Waals surface area contributed by atoms with E-state index in [1.54, 1.807) is 35.0 Å². The number of benzene rings is 1. The molecule has 0 radical (unpaired) electrons. The van der Waals surface area contributed by atoms with Crippen molar-refractivity contribution < 1.29 is 19.3 Å². The third kappa shape index (κ3) is 4.01. The monoisotopic (exact) mass is 478 g/mol. The number of hydrogen-bond acceptors (Lipinski definition) is 4. The van der Waals surface area contributed by atoms with Gasteiger partial charge in [0.2, 0.25) is 0 Å². The fourth-order valence-electron chi connectivity index (χ4n) is 4.17. The molecule has 0 saturated heterocycles. The van der Waals surface area contributed by atoms with Gasteiger partial charge in [-0.3, -0.25) is 14.5 Å². The van der Waals surface area contributed by atoms with Crippen LogP contribution >= 0.6 is 11.6 Å². The normalized spacial score (nSPS) is 14.1. The van der Waals surface area contributed by atoms with Crippen molar-refractivity contribution in [1.29, 1.82) is 0 Å². The van der Waals surface area contributed by atoms with Crippen LogP contribution in [0.15, 0.2) is 48.8 Å². The van der Waals surface area contributed by atoms with Gasteiger partial charge in [-0.1, -0.05) is 45.4 Å². The van der Waals surface area contributed by atoms with Gasteiger partial charge in [-0.2, -0.15) is 9.67 Å². The van der Waals surface area contributed by atoms with Crippen LogP contribution in [0.1, 0.15) is 56.9 Å². The maximum Gasteiger partial charge on any atom is 0.326 e. The van der Waals surface area contributed by atoms with Crippen LogP contribution in [0.5, 0.6) is 5.88 Å². The molecule has 3 aromatic rings. The lowest BCUT2D eigenvalue weighted by Crippen LogP contribution is -2.40. The van der Waals surface area contributed by atoms with Gasteiger partial charge in [0.1, 0.15) is 5.57 Å². The largest absolute Gasteiger partial charge is 0.858 e. The fourth-order valence-corrected chi connectivity index (χ4v) is 4.35. The summed E-state index contributed by atoms with van der Waals surface area (Å²) in [5.74, 6) is -1.50. The molecule has 7 nitrogen and oxygen atoms in total. The summed E-state index contributed by atoms with van der Waals surface area (Å²) in [7, 11) is 0. The summed E-state index contributed by atoms with van der Waals surface area (Å²) in [6.07, 6.45) is 4.94. The molecule has 1 aliphatic rings. The highest BCUT2D eigenvalue weighted by atomic mass is 35.5. The third-order valence-electron chi connectivity index (χ3n) is 5.84. The molecule has 0 atom stereocenters. The molecule has 0 unspecified atom stereocenters. The van der Waals surface area contributed by atoms with Crippen molar-refractivity contribution in [1.82, 2.24) is 14.7 Å². The second kappa shape index (κ2) is 9.43. The van der Waals surface area contributed by atoms with Gasteiger partial charge in [0.25, 0.3) is 11.6 Å². The Morgan fingerprint density at radius 1 is 1.12 bits per heavy atom. The van der Waals surface area contributed by atoms with Crippen LogP contribution in [0.4, 0.5) is 0 Å². The summed E-state index contributed by atoms with van der Waals surface area (Å²) in [5.41, 5.74) is 2.40. The van der Waals surface area contributed by atoms with Crippen molar-refractivity contribution in [3.05, 3.63) is 70.6 Å². The van der Waals surface area contributed by atoms with Gasteiger partial charge in [-0.05, 0) is 48.9 Å². The number of aromatic nitrogens is 3. The van der Waals surface area contributed by atoms with Crippen LogP contribution in [0.25, 0.3) is 17.0 Å². The van der Waals surface area contributed by atoms with E-state index in [2.05, 4.69) is 5.10 Å². The van der Waals surface area contributed by atoms with Crippen LogP contribution in [-0.2, 0) is 16.0 Å². The first-order valence-electron chi connectivity index (χ1n) is 11.5. The lowest BCUT2D eigenvalue weighted by molar-refractivity contribution is -0.577. The lowest BCUT2D eigenvalue weighted by atomic mass is 9.98. The summed E-state index contributed by atoms with van der Waals surface area (Å²) >= 11 is 6.15. The van der Waals surface area contributed by atoms with E-state index in [1.165, 1.54) is 9.58 Å². The summed E-state index contributed by atoms with van der Waals surface area (Å²) in [6.45, 7) is 8.00. The molecule has 3 heterocycles. The summed E-state index contributed by atoms with van der Waals surface area (Å²) < 4.78 is 2.92. The van der Waals surface area contributed by atoms with E-state index < -0.39 is 17.7 Å². The molecule has 1 aliphatic heterocycles. The molecular formula is C26H27ClN4O3. The highest BCUT2D eigenvalue weighted by Crippen LogP contribution is 2.39. The van der Waals surface area contributed by atoms with Gasteiger partial charge in [0.05, 0.1) is 11.4 Å². The average Bonchev–Trinajstić information content (AvgIpc) is 3.28. The van der Waals surface area contributed by atoms with Crippen molar-refractivity contribution in [2.45, 2.75) is 46.5 Å². The van der Waals surface area contributed by atoms with Crippen LogP contribution in [0.3, 0.4) is 0 Å². The average molecular weight is 479 g/mol. The molecule has 1 aromatic carbocycles. The number of aryl methyl sites for hydroxylation is 1. The zero-order valence-corrected chi connectivity index (χ0v) is 20.5. The van der Waals surface area contributed by atoms with Crippen molar-refractivity contribution >= 4 is 34.7 Å². The molecule has 0 saturated carbocycles. The fraction of sp³-hybridized carbons (Fsp3) is 0.308. The smallest absolute Gasteiger partial charge is 0.326 e. The molecule has 34 heavy (non-hydrogen) atoms. The number of carbonyl (C=O) groups is 2. The number of imide groups is 1. The minimum atomic E-state index is -0.471. The van der Waals surface area contributed by atoms with Crippen LogP contribution < -0.4 is 9.67 Å². The topological polar surface area (TPSA) is 82.1 Å². The Bertz CT molecular complexity index is 1310. The second-order valence-corrected chi connectivity index (χ2v) is 9.01. The first-order valence-corrected chi connectivity index (χ1v) is 11.8. The van der Waals surface area contributed by atoms with E-state index in [0.29, 0.717) is 22.8 Å². The number of hydrogen-bond donors (Lipinski definition) is 0. The van der Waals surface area contributed by atoms with Gasteiger partial charge in [0, 0.05) is 28.8 Å². The Labute approximate surface area is 203 Å². The predicted octanol–water partition coefficient (Wildman–Crippen LogP) is 3.72. The van der Waals surface area contributed by atoms with Gasteiger partial charge in [0.15, 0.2) is 12.4 Å². The van der Waals surface area contributed by atoms with Crippen molar-refractivity contribution in [2.24, 2.45) is 0 Å². The van der Waals surface area contributed by atoms with Crippen molar-refractivity contribution in [2.75, 3.05) is 6.54 Å².